The fraction of sp³-hybridized carbons (Fsp3) is 0.467. The first-order valence-corrected chi connectivity index (χ1v) is 6.72. The van der Waals surface area contributed by atoms with E-state index in [1.807, 2.05) is 0 Å². The third-order valence-corrected chi connectivity index (χ3v) is 2.81. The zero-order chi connectivity index (χ0) is 15.3. The number of ether oxygens (including phenoxy) is 1. The maximum atomic E-state index is 11.7. The van der Waals surface area contributed by atoms with Gasteiger partial charge in [-0.1, -0.05) is 23.7 Å². The second-order valence-corrected chi connectivity index (χ2v) is 6.07. The molecule has 5 heteroatoms. The van der Waals surface area contributed by atoms with E-state index in [0.717, 1.165) is 5.56 Å². The maximum absolute atomic E-state index is 11.7. The molecule has 1 rings (SSSR count). The van der Waals surface area contributed by atoms with Crippen LogP contribution in [0.1, 0.15) is 32.8 Å². The number of hydrogen-bond acceptors (Lipinski definition) is 4. The third kappa shape index (κ3) is 6.06. The Hall–Kier alpha value is -1.55. The Morgan fingerprint density at radius 2 is 1.80 bits per heavy atom. The molecule has 0 aromatic heterocycles. The largest absolute Gasteiger partial charge is 0.550 e. The number of halogens is 1. The topological polar surface area (TPSA) is 66.4 Å². The predicted octanol–water partition coefficient (Wildman–Crippen LogP) is 1.98. The van der Waals surface area contributed by atoms with E-state index in [-0.39, 0.29) is 12.8 Å². The lowest BCUT2D eigenvalue weighted by Crippen LogP contribution is -2.35. The van der Waals surface area contributed by atoms with E-state index in [2.05, 4.69) is 0 Å². The van der Waals surface area contributed by atoms with Crippen LogP contribution in [0.25, 0.3) is 0 Å². The van der Waals surface area contributed by atoms with Gasteiger partial charge in [0.2, 0.25) is 0 Å². The summed E-state index contributed by atoms with van der Waals surface area (Å²) in [4.78, 5) is 22.8. The second kappa shape index (κ2) is 6.75. The number of benzene rings is 1. The molecule has 1 atom stereocenters. The molecule has 0 saturated heterocycles. The zero-order valence-electron chi connectivity index (χ0n) is 11.8. The van der Waals surface area contributed by atoms with Crippen LogP contribution in [0, 0.1) is 5.92 Å². The Bertz CT molecular complexity index is 474. The standard InChI is InChI=1S/C15H19ClO4/c1-15(2,3)20-13(17)9-11(14(18)19)8-10-4-6-12(16)7-5-10/h4-7,11H,8-9H2,1-3H3,(H,18,19)/p-1. The molecular formula is C15H18ClO4-. The smallest absolute Gasteiger partial charge is 0.306 e. The molecule has 0 bridgehead atoms. The molecule has 0 fully saturated rings. The Kier molecular flexibility index (Phi) is 5.57. The van der Waals surface area contributed by atoms with Crippen LogP contribution in [0.15, 0.2) is 24.3 Å². The van der Waals surface area contributed by atoms with Crippen molar-refractivity contribution in [3.05, 3.63) is 34.9 Å². The SMILES string of the molecule is CC(C)(C)OC(=O)CC(Cc1ccc(Cl)cc1)C(=O)[O-]. The molecule has 0 spiro atoms. The van der Waals surface area contributed by atoms with Gasteiger partial charge in [-0.3, -0.25) is 4.79 Å². The quantitative estimate of drug-likeness (QED) is 0.780. The number of carboxylic acid groups (broad SMARTS) is 1. The van der Waals surface area contributed by atoms with Crippen molar-refractivity contribution in [1.82, 2.24) is 0 Å². The molecule has 1 aromatic rings. The monoisotopic (exact) mass is 297 g/mol. The highest BCUT2D eigenvalue weighted by Crippen LogP contribution is 2.17. The van der Waals surface area contributed by atoms with E-state index < -0.39 is 23.5 Å². The molecular weight excluding hydrogens is 280 g/mol. The fourth-order valence-corrected chi connectivity index (χ4v) is 1.85. The van der Waals surface area contributed by atoms with Crippen molar-refractivity contribution in [2.24, 2.45) is 5.92 Å². The molecule has 0 radical (unpaired) electrons. The van der Waals surface area contributed by atoms with Gasteiger partial charge < -0.3 is 14.6 Å². The lowest BCUT2D eigenvalue weighted by atomic mass is 9.96. The molecule has 20 heavy (non-hydrogen) atoms. The van der Waals surface area contributed by atoms with Gasteiger partial charge >= 0.3 is 5.97 Å². The van der Waals surface area contributed by atoms with Crippen LogP contribution in [0.4, 0.5) is 0 Å². The number of esters is 1. The van der Waals surface area contributed by atoms with E-state index >= 15 is 0 Å². The van der Waals surface area contributed by atoms with Crippen molar-refractivity contribution < 1.29 is 19.4 Å². The molecule has 110 valence electrons. The van der Waals surface area contributed by atoms with Gasteiger partial charge in [0.25, 0.3) is 0 Å². The summed E-state index contributed by atoms with van der Waals surface area (Å²) in [6.45, 7) is 5.20. The van der Waals surface area contributed by atoms with Crippen molar-refractivity contribution in [3.8, 4) is 0 Å². The number of rotatable bonds is 5. The fourth-order valence-electron chi connectivity index (χ4n) is 1.73. The van der Waals surface area contributed by atoms with Gasteiger partial charge in [0.05, 0.1) is 6.42 Å². The third-order valence-electron chi connectivity index (χ3n) is 2.56. The average molecular weight is 298 g/mol. The van der Waals surface area contributed by atoms with Gasteiger partial charge in [-0.05, 0) is 44.9 Å². The molecule has 4 nitrogen and oxygen atoms in total. The first kappa shape index (κ1) is 16.5. The minimum atomic E-state index is -1.26. The van der Waals surface area contributed by atoms with Crippen molar-refractivity contribution in [2.75, 3.05) is 0 Å². The van der Waals surface area contributed by atoms with Gasteiger partial charge in [-0.25, -0.2) is 0 Å². The summed E-state index contributed by atoms with van der Waals surface area (Å²) in [6, 6.07) is 6.81. The Morgan fingerprint density at radius 3 is 2.25 bits per heavy atom. The molecule has 0 saturated carbocycles. The average Bonchev–Trinajstić information content (AvgIpc) is 2.28. The van der Waals surface area contributed by atoms with Crippen LogP contribution < -0.4 is 5.11 Å². The Balaban J connectivity index is 2.68. The van der Waals surface area contributed by atoms with E-state index in [9.17, 15) is 14.7 Å². The molecule has 0 aliphatic rings. The number of carbonyl (C=O) groups is 2. The summed E-state index contributed by atoms with van der Waals surface area (Å²) in [5.74, 6) is -2.71. The van der Waals surface area contributed by atoms with Crippen LogP contribution >= 0.6 is 11.6 Å². The highest BCUT2D eigenvalue weighted by atomic mass is 35.5. The highest BCUT2D eigenvalue weighted by molar-refractivity contribution is 6.30. The summed E-state index contributed by atoms with van der Waals surface area (Å²) < 4.78 is 5.12. The van der Waals surface area contributed by atoms with Crippen LogP contribution in [0.3, 0.4) is 0 Å². The molecule has 0 amide bonds. The minimum absolute atomic E-state index is 0.206. The maximum Gasteiger partial charge on any atom is 0.306 e. The normalized spacial score (nSPS) is 12.8. The van der Waals surface area contributed by atoms with Crippen molar-refractivity contribution >= 4 is 23.5 Å². The van der Waals surface area contributed by atoms with Crippen LogP contribution in [0.2, 0.25) is 5.02 Å². The lowest BCUT2D eigenvalue weighted by molar-refractivity contribution is -0.311. The molecule has 1 unspecified atom stereocenters. The lowest BCUT2D eigenvalue weighted by Gasteiger charge is -2.22. The predicted molar refractivity (Wildman–Crippen MR) is 74.1 cm³/mol. The van der Waals surface area contributed by atoms with E-state index in [0.29, 0.717) is 5.02 Å². The van der Waals surface area contributed by atoms with Gasteiger partial charge in [0, 0.05) is 16.9 Å². The zero-order valence-corrected chi connectivity index (χ0v) is 12.6. The highest BCUT2D eigenvalue weighted by Gasteiger charge is 2.21. The molecule has 0 aliphatic carbocycles. The van der Waals surface area contributed by atoms with Crippen LogP contribution in [0.5, 0.6) is 0 Å². The van der Waals surface area contributed by atoms with Crippen molar-refractivity contribution in [1.29, 1.82) is 0 Å². The number of hydrogen-bond donors (Lipinski definition) is 0. The number of aliphatic carboxylic acids is 1. The first-order chi connectivity index (χ1) is 9.17. The molecule has 0 N–H and O–H groups in total. The van der Waals surface area contributed by atoms with Crippen LogP contribution in [-0.4, -0.2) is 17.5 Å². The summed E-state index contributed by atoms with van der Waals surface area (Å²) in [5, 5.41) is 11.7. The van der Waals surface area contributed by atoms with Crippen LogP contribution in [-0.2, 0) is 20.7 Å². The number of carbonyl (C=O) groups excluding carboxylic acids is 2. The van der Waals surface area contributed by atoms with E-state index in [4.69, 9.17) is 16.3 Å². The van der Waals surface area contributed by atoms with Gasteiger partial charge in [-0.2, -0.15) is 0 Å². The van der Waals surface area contributed by atoms with Gasteiger partial charge in [0.1, 0.15) is 5.60 Å². The van der Waals surface area contributed by atoms with E-state index in [1.165, 1.54) is 0 Å². The van der Waals surface area contributed by atoms with Gasteiger partial charge in [-0.15, -0.1) is 0 Å². The molecule has 0 aliphatic heterocycles. The first-order valence-electron chi connectivity index (χ1n) is 6.34. The van der Waals surface area contributed by atoms with Gasteiger partial charge in [0.15, 0.2) is 0 Å². The summed E-state index contributed by atoms with van der Waals surface area (Å²) >= 11 is 5.76. The molecule has 1 aromatic carbocycles. The summed E-state index contributed by atoms with van der Waals surface area (Å²) in [7, 11) is 0. The summed E-state index contributed by atoms with van der Waals surface area (Å²) in [6.07, 6.45) is 0.000967. The summed E-state index contributed by atoms with van der Waals surface area (Å²) in [5.41, 5.74) is 0.153. The number of carboxylic acids is 1. The van der Waals surface area contributed by atoms with Crippen molar-refractivity contribution in [3.63, 3.8) is 0 Å². The van der Waals surface area contributed by atoms with E-state index in [1.54, 1.807) is 45.0 Å². The minimum Gasteiger partial charge on any atom is -0.550 e. The second-order valence-electron chi connectivity index (χ2n) is 5.64. The van der Waals surface area contributed by atoms with Crippen molar-refractivity contribution in [2.45, 2.75) is 39.2 Å². The molecule has 0 heterocycles. The Labute approximate surface area is 123 Å². The Morgan fingerprint density at radius 1 is 1.25 bits per heavy atom.